The van der Waals surface area contributed by atoms with Crippen LogP contribution in [0, 0.1) is 0 Å². The van der Waals surface area contributed by atoms with Crippen LogP contribution in [0.25, 0.3) is 10.8 Å². The first kappa shape index (κ1) is 23.8. The van der Waals surface area contributed by atoms with Crippen LogP contribution in [0.15, 0.2) is 71.6 Å². The number of rotatable bonds is 5. The average molecular weight is 453 g/mol. The molecule has 32 heavy (non-hydrogen) atoms. The van der Waals surface area contributed by atoms with Gasteiger partial charge in [-0.2, -0.15) is 0 Å². The lowest BCUT2D eigenvalue weighted by molar-refractivity contribution is -0.159. The van der Waals surface area contributed by atoms with Gasteiger partial charge in [0.1, 0.15) is 0 Å². The summed E-state index contributed by atoms with van der Waals surface area (Å²) >= 11 is 1.81. The van der Waals surface area contributed by atoms with Crippen molar-refractivity contribution in [2.75, 3.05) is 32.4 Å². The lowest BCUT2D eigenvalue weighted by atomic mass is 10.0. The molecule has 168 valence electrons. The minimum atomic E-state index is -1.82. The van der Waals surface area contributed by atoms with Gasteiger partial charge >= 0.3 is 11.9 Å². The van der Waals surface area contributed by atoms with Crippen molar-refractivity contribution in [3.05, 3.63) is 77.9 Å². The van der Waals surface area contributed by atoms with Gasteiger partial charge in [0, 0.05) is 44.2 Å². The molecule has 0 amide bonds. The second kappa shape index (κ2) is 11.7. The molecule has 7 heteroatoms. The van der Waals surface area contributed by atoms with Gasteiger partial charge in [-0.15, -0.1) is 11.8 Å². The quantitative estimate of drug-likeness (QED) is 0.447. The maximum Gasteiger partial charge on any atom is 0.414 e. The molecule has 0 aromatic heterocycles. The zero-order valence-electron chi connectivity index (χ0n) is 18.1. The van der Waals surface area contributed by atoms with Crippen LogP contribution in [0.1, 0.15) is 11.1 Å². The number of hydrogen-bond acceptors (Lipinski definition) is 5. The number of benzene rings is 3. The number of nitrogens with zero attached hydrogens (tertiary/aromatic N) is 2. The monoisotopic (exact) mass is 452 g/mol. The van der Waals surface area contributed by atoms with E-state index in [0.29, 0.717) is 0 Å². The summed E-state index contributed by atoms with van der Waals surface area (Å²) in [6.07, 6.45) is 2.13. The first-order chi connectivity index (χ1) is 15.5. The van der Waals surface area contributed by atoms with Gasteiger partial charge in [0.15, 0.2) is 0 Å². The van der Waals surface area contributed by atoms with Crippen molar-refractivity contribution >= 4 is 34.5 Å². The molecule has 3 aromatic rings. The van der Waals surface area contributed by atoms with Gasteiger partial charge in [-0.1, -0.05) is 54.6 Å². The number of aliphatic carboxylic acids is 2. The minimum Gasteiger partial charge on any atom is -0.473 e. The molecule has 1 saturated heterocycles. The summed E-state index contributed by atoms with van der Waals surface area (Å²) in [4.78, 5) is 24.7. The molecule has 2 N–H and O–H groups in total. The smallest absolute Gasteiger partial charge is 0.414 e. The molecule has 3 aromatic carbocycles. The highest BCUT2D eigenvalue weighted by Gasteiger charge is 2.17. The van der Waals surface area contributed by atoms with E-state index in [1.165, 1.54) is 26.8 Å². The number of hydrogen-bond donors (Lipinski definition) is 2. The summed E-state index contributed by atoms with van der Waals surface area (Å²) in [6.45, 7) is 6.71. The zero-order valence-corrected chi connectivity index (χ0v) is 18.9. The molecule has 0 spiro atoms. The third kappa shape index (κ3) is 6.82. The van der Waals surface area contributed by atoms with Crippen LogP contribution in [-0.4, -0.2) is 64.4 Å². The van der Waals surface area contributed by atoms with E-state index >= 15 is 0 Å². The second-order valence-electron chi connectivity index (χ2n) is 7.65. The van der Waals surface area contributed by atoms with Crippen molar-refractivity contribution in [3.63, 3.8) is 0 Å². The molecule has 4 rings (SSSR count). The normalized spacial score (nSPS) is 14.5. The van der Waals surface area contributed by atoms with Crippen molar-refractivity contribution in [3.8, 4) is 0 Å². The van der Waals surface area contributed by atoms with Crippen LogP contribution < -0.4 is 0 Å². The first-order valence-electron chi connectivity index (χ1n) is 10.5. The highest BCUT2D eigenvalue weighted by Crippen LogP contribution is 2.21. The Morgan fingerprint density at radius 2 is 1.34 bits per heavy atom. The molecule has 1 aliphatic rings. The number of carboxylic acids is 2. The fourth-order valence-corrected chi connectivity index (χ4v) is 4.17. The predicted octanol–water partition coefficient (Wildman–Crippen LogP) is 4.04. The van der Waals surface area contributed by atoms with Crippen LogP contribution in [-0.2, 0) is 22.7 Å². The van der Waals surface area contributed by atoms with Gasteiger partial charge in [-0.3, -0.25) is 9.80 Å². The van der Waals surface area contributed by atoms with Gasteiger partial charge in [0.05, 0.1) is 0 Å². The number of carbonyl (C=O) groups is 2. The third-order valence-electron chi connectivity index (χ3n) is 5.49. The molecule has 0 saturated carbocycles. The summed E-state index contributed by atoms with van der Waals surface area (Å²) in [6, 6.07) is 24.4. The topological polar surface area (TPSA) is 81.1 Å². The van der Waals surface area contributed by atoms with E-state index in [0.717, 1.165) is 39.3 Å². The Balaban J connectivity index is 0.000000427. The van der Waals surface area contributed by atoms with E-state index in [4.69, 9.17) is 19.8 Å². The fourth-order valence-electron chi connectivity index (χ4n) is 3.77. The first-order valence-corrected chi connectivity index (χ1v) is 11.7. The summed E-state index contributed by atoms with van der Waals surface area (Å²) in [5.74, 6) is -3.65. The standard InChI is InChI=1S/C23H26N2S.C2H2O4/c1-26-22-11-9-19(10-12-22)17-24-13-15-25(16-14-24)18-21-7-4-6-20-5-2-3-8-23(20)21;3-1(4)2(5)6/h2-12H,13-18H2,1H3;(H,3,4)(H,5,6). The Morgan fingerprint density at radius 1 is 0.781 bits per heavy atom. The van der Waals surface area contributed by atoms with Crippen LogP contribution in [0.2, 0.25) is 0 Å². The third-order valence-corrected chi connectivity index (χ3v) is 6.23. The summed E-state index contributed by atoms with van der Waals surface area (Å²) in [7, 11) is 0. The Kier molecular flexibility index (Phi) is 8.67. The predicted molar refractivity (Wildman–Crippen MR) is 128 cm³/mol. The molecule has 1 heterocycles. The fraction of sp³-hybridized carbons (Fsp3) is 0.280. The molecule has 0 unspecified atom stereocenters. The molecule has 0 aliphatic carbocycles. The summed E-state index contributed by atoms with van der Waals surface area (Å²) in [5.41, 5.74) is 2.87. The molecule has 1 fully saturated rings. The highest BCUT2D eigenvalue weighted by molar-refractivity contribution is 7.98. The summed E-state index contributed by atoms with van der Waals surface area (Å²) in [5, 5.41) is 17.5. The largest absolute Gasteiger partial charge is 0.473 e. The maximum absolute atomic E-state index is 9.10. The van der Waals surface area contributed by atoms with Crippen LogP contribution in [0.4, 0.5) is 0 Å². The van der Waals surface area contributed by atoms with E-state index in [1.807, 2.05) is 0 Å². The van der Waals surface area contributed by atoms with Crippen molar-refractivity contribution in [2.24, 2.45) is 0 Å². The lowest BCUT2D eigenvalue weighted by Crippen LogP contribution is -2.45. The SMILES string of the molecule is CSc1ccc(CN2CCN(Cc3cccc4ccccc34)CC2)cc1.O=C(O)C(=O)O. The second-order valence-corrected chi connectivity index (χ2v) is 8.53. The van der Waals surface area contributed by atoms with E-state index in [-0.39, 0.29) is 0 Å². The molecular weight excluding hydrogens is 424 g/mol. The van der Waals surface area contributed by atoms with Crippen LogP contribution in [0.3, 0.4) is 0 Å². The molecule has 1 aliphatic heterocycles. The summed E-state index contributed by atoms with van der Waals surface area (Å²) < 4.78 is 0. The van der Waals surface area contributed by atoms with Crippen molar-refractivity contribution in [2.45, 2.75) is 18.0 Å². The molecule has 0 bridgehead atoms. The van der Waals surface area contributed by atoms with Crippen LogP contribution in [0.5, 0.6) is 0 Å². The maximum atomic E-state index is 9.10. The van der Waals surface area contributed by atoms with E-state index < -0.39 is 11.9 Å². The minimum absolute atomic E-state index is 1.05. The van der Waals surface area contributed by atoms with Gasteiger partial charge < -0.3 is 10.2 Å². The Labute approximate surface area is 192 Å². The average Bonchev–Trinajstić information content (AvgIpc) is 2.81. The lowest BCUT2D eigenvalue weighted by Gasteiger charge is -2.35. The van der Waals surface area contributed by atoms with Gasteiger partial charge in [-0.25, -0.2) is 9.59 Å². The van der Waals surface area contributed by atoms with Gasteiger partial charge in [0.2, 0.25) is 0 Å². The number of fused-ring (bicyclic) bond motifs is 1. The van der Waals surface area contributed by atoms with Crippen molar-refractivity contribution in [1.82, 2.24) is 9.80 Å². The zero-order chi connectivity index (χ0) is 22.9. The number of carboxylic acid groups (broad SMARTS) is 2. The van der Waals surface area contributed by atoms with Crippen LogP contribution >= 0.6 is 11.8 Å². The molecular formula is C25H28N2O4S. The van der Waals surface area contributed by atoms with E-state index in [1.54, 1.807) is 11.8 Å². The highest BCUT2D eigenvalue weighted by atomic mass is 32.2. The van der Waals surface area contributed by atoms with E-state index in [9.17, 15) is 0 Å². The Morgan fingerprint density at radius 3 is 1.94 bits per heavy atom. The van der Waals surface area contributed by atoms with Crippen molar-refractivity contribution in [1.29, 1.82) is 0 Å². The Hall–Kier alpha value is -2.87. The molecule has 0 atom stereocenters. The molecule has 0 radical (unpaired) electrons. The van der Waals surface area contributed by atoms with E-state index in [2.05, 4.69) is 82.8 Å². The van der Waals surface area contributed by atoms with Crippen molar-refractivity contribution < 1.29 is 19.8 Å². The molecule has 6 nitrogen and oxygen atoms in total. The van der Waals surface area contributed by atoms with Gasteiger partial charge in [0.25, 0.3) is 0 Å². The number of piperazine rings is 1. The Bertz CT molecular complexity index is 1030. The number of thioether (sulfide) groups is 1. The van der Waals surface area contributed by atoms with Gasteiger partial charge in [-0.05, 0) is 40.3 Å².